The van der Waals surface area contributed by atoms with Crippen molar-refractivity contribution >= 4 is 28.7 Å². The van der Waals surface area contributed by atoms with Crippen molar-refractivity contribution in [1.82, 2.24) is 19.4 Å². The van der Waals surface area contributed by atoms with Crippen molar-refractivity contribution in [1.29, 1.82) is 0 Å². The SMILES string of the molecule is CN(Cc1cc2ccccc2n1C)C(=O)C=Cc1cnc(N)c(CN2CCCC2)c1. The van der Waals surface area contributed by atoms with Crippen molar-refractivity contribution in [2.24, 2.45) is 7.05 Å². The topological polar surface area (TPSA) is 67.4 Å². The zero-order valence-electron chi connectivity index (χ0n) is 17.7. The molecule has 1 amide bonds. The number of carbonyl (C=O) groups is 1. The number of rotatable bonds is 6. The molecular formula is C24H29N5O. The molecule has 0 aliphatic carbocycles. The second-order valence-electron chi connectivity index (χ2n) is 8.08. The fourth-order valence-corrected chi connectivity index (χ4v) is 4.05. The molecule has 6 nitrogen and oxygen atoms in total. The lowest BCUT2D eigenvalue weighted by atomic mass is 10.1. The maximum atomic E-state index is 12.7. The van der Waals surface area contributed by atoms with Gasteiger partial charge in [-0.15, -0.1) is 0 Å². The van der Waals surface area contributed by atoms with Crippen molar-refractivity contribution in [3.05, 3.63) is 65.5 Å². The van der Waals surface area contributed by atoms with Crippen molar-refractivity contribution in [3.8, 4) is 0 Å². The Hall–Kier alpha value is -3.12. The van der Waals surface area contributed by atoms with Crippen LogP contribution < -0.4 is 5.73 Å². The van der Waals surface area contributed by atoms with Crippen LogP contribution in [0.15, 0.2) is 48.7 Å². The van der Waals surface area contributed by atoms with Crippen LogP contribution >= 0.6 is 0 Å². The molecule has 0 bridgehead atoms. The highest BCUT2D eigenvalue weighted by molar-refractivity contribution is 5.91. The number of aryl methyl sites for hydroxylation is 1. The Morgan fingerprint density at radius 2 is 2.00 bits per heavy atom. The standard InChI is InChI=1S/C24H29N5O/c1-27(17-21-14-19-7-3-4-8-22(19)28(21)2)23(30)10-9-18-13-20(24(25)26-15-18)16-29-11-5-6-12-29/h3-4,7-10,13-15H,5-6,11-12,16-17H2,1-2H3,(H2,25,26). The lowest BCUT2D eigenvalue weighted by Crippen LogP contribution is -2.25. The Morgan fingerprint density at radius 1 is 1.23 bits per heavy atom. The number of aromatic nitrogens is 2. The number of likely N-dealkylation sites (tertiary alicyclic amines) is 1. The molecule has 3 heterocycles. The quantitative estimate of drug-likeness (QED) is 0.641. The molecule has 0 unspecified atom stereocenters. The van der Waals surface area contributed by atoms with Crippen molar-refractivity contribution in [2.45, 2.75) is 25.9 Å². The highest BCUT2D eigenvalue weighted by Gasteiger charge is 2.14. The maximum Gasteiger partial charge on any atom is 0.246 e. The zero-order chi connectivity index (χ0) is 21.1. The van der Waals surface area contributed by atoms with Crippen molar-refractivity contribution < 1.29 is 4.79 Å². The molecule has 1 fully saturated rings. The maximum absolute atomic E-state index is 12.7. The lowest BCUT2D eigenvalue weighted by molar-refractivity contribution is -0.125. The minimum atomic E-state index is -0.0434. The summed E-state index contributed by atoms with van der Waals surface area (Å²) in [4.78, 5) is 21.1. The van der Waals surface area contributed by atoms with Crippen LogP contribution in [-0.2, 0) is 24.9 Å². The first kappa shape index (κ1) is 20.2. The van der Waals surface area contributed by atoms with Crippen molar-refractivity contribution in [3.63, 3.8) is 0 Å². The summed E-state index contributed by atoms with van der Waals surface area (Å²) in [5.74, 6) is 0.524. The fraction of sp³-hybridized carbons (Fsp3) is 0.333. The minimum Gasteiger partial charge on any atom is -0.383 e. The second kappa shape index (κ2) is 8.71. The minimum absolute atomic E-state index is 0.0434. The van der Waals surface area contributed by atoms with Gasteiger partial charge in [0.15, 0.2) is 0 Å². The molecule has 6 heteroatoms. The third-order valence-electron chi connectivity index (χ3n) is 5.86. The number of benzene rings is 1. The third kappa shape index (κ3) is 4.39. The zero-order valence-corrected chi connectivity index (χ0v) is 17.7. The van der Waals surface area contributed by atoms with Gasteiger partial charge in [-0.3, -0.25) is 9.69 Å². The number of nitrogens with zero attached hydrogens (tertiary/aromatic N) is 4. The number of amides is 1. The van der Waals surface area contributed by atoms with E-state index >= 15 is 0 Å². The Bertz CT molecular complexity index is 1080. The Labute approximate surface area is 177 Å². The number of pyridine rings is 1. The average molecular weight is 404 g/mol. The Morgan fingerprint density at radius 3 is 2.77 bits per heavy atom. The van der Waals surface area contributed by atoms with Crippen LogP contribution in [0.4, 0.5) is 5.82 Å². The molecule has 1 aliphatic heterocycles. The number of para-hydroxylation sites is 1. The van der Waals surface area contributed by atoms with Gasteiger partial charge in [-0.1, -0.05) is 18.2 Å². The van der Waals surface area contributed by atoms with Crippen LogP contribution in [0.3, 0.4) is 0 Å². The molecule has 0 saturated carbocycles. The van der Waals surface area contributed by atoms with Crippen LogP contribution in [0.1, 0.15) is 29.7 Å². The normalized spacial score (nSPS) is 14.7. The van der Waals surface area contributed by atoms with E-state index in [2.05, 4.69) is 32.7 Å². The summed E-state index contributed by atoms with van der Waals surface area (Å²) < 4.78 is 2.14. The summed E-state index contributed by atoms with van der Waals surface area (Å²) in [5.41, 5.74) is 10.2. The molecule has 156 valence electrons. The van der Waals surface area contributed by atoms with Gasteiger partial charge in [0, 0.05) is 49.7 Å². The number of anilines is 1. The molecule has 4 rings (SSSR count). The number of nitrogen functional groups attached to an aromatic ring is 1. The summed E-state index contributed by atoms with van der Waals surface area (Å²) in [6.07, 6.45) is 7.63. The molecule has 1 aliphatic rings. The van der Waals surface area contributed by atoms with E-state index in [0.717, 1.165) is 36.5 Å². The van der Waals surface area contributed by atoms with Crippen LogP contribution in [0.5, 0.6) is 0 Å². The molecule has 1 aromatic carbocycles. The summed E-state index contributed by atoms with van der Waals surface area (Å²) >= 11 is 0. The van der Waals surface area contributed by atoms with E-state index in [1.165, 1.54) is 23.7 Å². The summed E-state index contributed by atoms with van der Waals surface area (Å²) in [7, 11) is 3.86. The molecule has 0 radical (unpaired) electrons. The van der Waals surface area contributed by atoms with Crippen molar-refractivity contribution in [2.75, 3.05) is 25.9 Å². The molecule has 0 spiro atoms. The van der Waals surface area contributed by atoms with Gasteiger partial charge < -0.3 is 15.2 Å². The largest absolute Gasteiger partial charge is 0.383 e. The third-order valence-corrected chi connectivity index (χ3v) is 5.86. The summed E-state index contributed by atoms with van der Waals surface area (Å²) in [5, 5.41) is 1.19. The molecular weight excluding hydrogens is 374 g/mol. The second-order valence-corrected chi connectivity index (χ2v) is 8.08. The monoisotopic (exact) mass is 403 g/mol. The predicted octanol–water partition coefficient (Wildman–Crippen LogP) is 3.42. The first-order chi connectivity index (χ1) is 14.5. The first-order valence-electron chi connectivity index (χ1n) is 10.4. The molecule has 0 atom stereocenters. The van der Waals surface area contributed by atoms with Gasteiger partial charge in [0.25, 0.3) is 0 Å². The van der Waals surface area contributed by atoms with Crippen LogP contribution in [0, 0.1) is 0 Å². The number of nitrogens with two attached hydrogens (primary N) is 1. The van der Waals surface area contributed by atoms with Gasteiger partial charge in [-0.2, -0.15) is 0 Å². The average Bonchev–Trinajstić information content (AvgIpc) is 3.37. The van der Waals surface area contributed by atoms with Gasteiger partial charge in [-0.05, 0) is 61.2 Å². The highest BCUT2D eigenvalue weighted by Crippen LogP contribution is 2.20. The molecule has 2 aromatic heterocycles. The summed E-state index contributed by atoms with van der Waals surface area (Å²) in [6, 6.07) is 12.4. The first-order valence-corrected chi connectivity index (χ1v) is 10.4. The van der Waals surface area contributed by atoms with E-state index in [9.17, 15) is 4.79 Å². The van der Waals surface area contributed by atoms with Gasteiger partial charge in [0.05, 0.1) is 6.54 Å². The van der Waals surface area contributed by atoms with Gasteiger partial charge in [0.1, 0.15) is 5.82 Å². The van der Waals surface area contributed by atoms with E-state index in [-0.39, 0.29) is 5.91 Å². The van der Waals surface area contributed by atoms with Gasteiger partial charge in [-0.25, -0.2) is 4.98 Å². The van der Waals surface area contributed by atoms with E-state index < -0.39 is 0 Å². The van der Waals surface area contributed by atoms with Gasteiger partial charge in [0.2, 0.25) is 5.91 Å². The predicted molar refractivity (Wildman–Crippen MR) is 122 cm³/mol. The number of likely N-dealkylation sites (N-methyl/N-ethyl adjacent to an activating group) is 1. The van der Waals surface area contributed by atoms with E-state index in [1.807, 2.05) is 38.4 Å². The molecule has 1 saturated heterocycles. The van der Waals surface area contributed by atoms with E-state index in [0.29, 0.717) is 12.4 Å². The summed E-state index contributed by atoms with van der Waals surface area (Å²) in [6.45, 7) is 3.58. The van der Waals surface area contributed by atoms with Crippen LogP contribution in [-0.4, -0.2) is 45.4 Å². The lowest BCUT2D eigenvalue weighted by Gasteiger charge is -2.16. The Balaban J connectivity index is 1.42. The number of hydrogen-bond acceptors (Lipinski definition) is 4. The molecule has 3 aromatic rings. The molecule has 2 N–H and O–H groups in total. The number of hydrogen-bond donors (Lipinski definition) is 1. The number of carbonyl (C=O) groups excluding carboxylic acids is 1. The fourth-order valence-electron chi connectivity index (χ4n) is 4.05. The van der Waals surface area contributed by atoms with Crippen LogP contribution in [0.2, 0.25) is 0 Å². The van der Waals surface area contributed by atoms with E-state index in [4.69, 9.17) is 5.73 Å². The van der Waals surface area contributed by atoms with Gasteiger partial charge >= 0.3 is 0 Å². The number of fused-ring (bicyclic) bond motifs is 1. The van der Waals surface area contributed by atoms with Crippen LogP contribution in [0.25, 0.3) is 17.0 Å². The smallest absolute Gasteiger partial charge is 0.246 e. The molecule has 30 heavy (non-hydrogen) atoms. The van der Waals surface area contributed by atoms with E-state index in [1.54, 1.807) is 17.2 Å². The Kier molecular flexibility index (Phi) is 5.86. The highest BCUT2D eigenvalue weighted by atomic mass is 16.2.